The van der Waals surface area contributed by atoms with Crippen molar-refractivity contribution in [2.45, 2.75) is 12.2 Å². The van der Waals surface area contributed by atoms with E-state index in [4.69, 9.17) is 5.73 Å². The van der Waals surface area contributed by atoms with E-state index in [2.05, 4.69) is 10.4 Å². The highest BCUT2D eigenvalue weighted by Gasteiger charge is 2.12. The number of amides is 1. The number of nitrogen functional groups attached to an aromatic ring is 1. The van der Waals surface area contributed by atoms with E-state index >= 15 is 0 Å². The molecule has 0 fully saturated rings. The Labute approximate surface area is 125 Å². The summed E-state index contributed by atoms with van der Waals surface area (Å²) in [5.74, 6) is -0.276. The largest absolute Gasteiger partial charge is 0.399 e. The van der Waals surface area contributed by atoms with Crippen LogP contribution in [0.2, 0.25) is 0 Å². The van der Waals surface area contributed by atoms with Crippen molar-refractivity contribution < 1.29 is 9.00 Å². The molecule has 0 radical (unpaired) electrons. The molecular weight excluding hydrogens is 288 g/mol. The molecule has 1 heterocycles. The lowest BCUT2D eigenvalue weighted by molar-refractivity contribution is 0.0948. The molecule has 0 aliphatic rings. The summed E-state index contributed by atoms with van der Waals surface area (Å²) in [6.45, 7) is 2.18. The molecule has 21 heavy (non-hydrogen) atoms. The first-order chi connectivity index (χ1) is 9.97. The Morgan fingerprint density at radius 2 is 2.05 bits per heavy atom. The van der Waals surface area contributed by atoms with Crippen LogP contribution in [0.15, 0.2) is 36.5 Å². The minimum atomic E-state index is -0.962. The number of hydrogen-bond acceptors (Lipinski definition) is 4. The Morgan fingerprint density at radius 3 is 2.67 bits per heavy atom. The van der Waals surface area contributed by atoms with Gasteiger partial charge in [-0.3, -0.25) is 9.00 Å². The van der Waals surface area contributed by atoms with Gasteiger partial charge in [-0.15, -0.1) is 0 Å². The second kappa shape index (κ2) is 6.53. The van der Waals surface area contributed by atoms with Crippen LogP contribution in [0.1, 0.15) is 17.4 Å². The van der Waals surface area contributed by atoms with Crippen molar-refractivity contribution in [2.24, 2.45) is 0 Å². The Bertz CT molecular complexity index is 651. The molecule has 1 aromatic heterocycles. The predicted molar refractivity (Wildman–Crippen MR) is 83.8 cm³/mol. The molecule has 0 spiro atoms. The van der Waals surface area contributed by atoms with E-state index in [9.17, 15) is 9.00 Å². The van der Waals surface area contributed by atoms with Gasteiger partial charge in [0.2, 0.25) is 0 Å². The summed E-state index contributed by atoms with van der Waals surface area (Å²) in [7, 11) is -0.962. The monoisotopic (exact) mass is 306 g/mol. The van der Waals surface area contributed by atoms with Crippen LogP contribution in [0.4, 0.5) is 5.69 Å². The Kier molecular flexibility index (Phi) is 4.74. The summed E-state index contributed by atoms with van der Waals surface area (Å²) in [6.07, 6.45) is 3.33. The maximum atomic E-state index is 12.0. The second-order valence-corrected chi connectivity index (χ2v) is 6.56. The highest BCUT2D eigenvalue weighted by molar-refractivity contribution is 7.84. The number of hydrogen-bond donors (Lipinski definition) is 2. The van der Waals surface area contributed by atoms with Crippen LogP contribution in [0.3, 0.4) is 0 Å². The SMILES string of the molecule is CC(CNC(=O)c1ccn(-c2ccc(N)cc2)n1)S(C)=O. The molecule has 7 heteroatoms. The van der Waals surface area contributed by atoms with Crippen LogP contribution >= 0.6 is 0 Å². The van der Waals surface area contributed by atoms with Crippen molar-refractivity contribution in [2.75, 3.05) is 18.5 Å². The number of anilines is 1. The average Bonchev–Trinajstić information content (AvgIpc) is 2.94. The van der Waals surface area contributed by atoms with Crippen LogP contribution in [-0.2, 0) is 10.8 Å². The molecule has 0 bridgehead atoms. The van der Waals surface area contributed by atoms with E-state index in [1.807, 2.05) is 19.1 Å². The molecule has 0 aliphatic heterocycles. The summed E-state index contributed by atoms with van der Waals surface area (Å²) in [6, 6.07) is 8.84. The van der Waals surface area contributed by atoms with Gasteiger partial charge in [0.25, 0.3) is 5.91 Å². The Balaban J connectivity index is 2.04. The topological polar surface area (TPSA) is 90.0 Å². The third-order valence-electron chi connectivity index (χ3n) is 3.10. The number of nitrogens with zero attached hydrogens (tertiary/aromatic N) is 2. The summed E-state index contributed by atoms with van der Waals surface area (Å²) in [5.41, 5.74) is 7.45. The molecule has 0 saturated carbocycles. The Morgan fingerprint density at radius 1 is 1.38 bits per heavy atom. The van der Waals surface area contributed by atoms with Gasteiger partial charge in [0.15, 0.2) is 5.69 Å². The van der Waals surface area contributed by atoms with Gasteiger partial charge >= 0.3 is 0 Å². The number of nitrogens with one attached hydrogen (secondary N) is 1. The molecule has 2 atom stereocenters. The van der Waals surface area contributed by atoms with Gasteiger partial charge in [-0.05, 0) is 37.3 Å². The number of carbonyl (C=O) groups excluding carboxylic acids is 1. The minimum absolute atomic E-state index is 0.0897. The fraction of sp³-hybridized carbons (Fsp3) is 0.286. The predicted octanol–water partition coefficient (Wildman–Crippen LogP) is 0.951. The Hall–Kier alpha value is -2.15. The van der Waals surface area contributed by atoms with Crippen molar-refractivity contribution >= 4 is 22.4 Å². The number of aromatic nitrogens is 2. The molecular formula is C14H18N4O2S. The molecule has 0 aliphatic carbocycles. The molecule has 1 aromatic carbocycles. The zero-order chi connectivity index (χ0) is 15.4. The summed E-state index contributed by atoms with van der Waals surface area (Å²) >= 11 is 0. The fourth-order valence-electron chi connectivity index (χ4n) is 1.66. The highest BCUT2D eigenvalue weighted by Crippen LogP contribution is 2.10. The first kappa shape index (κ1) is 15.2. The maximum Gasteiger partial charge on any atom is 0.271 e. The van der Waals surface area contributed by atoms with Crippen molar-refractivity contribution in [3.8, 4) is 5.69 Å². The number of benzene rings is 1. The standard InChI is InChI=1S/C14H18N4O2S/c1-10(21(2)20)9-16-14(19)13-7-8-18(17-13)12-5-3-11(15)4-6-12/h3-8,10H,9,15H2,1-2H3,(H,16,19). The number of nitrogens with two attached hydrogens (primary N) is 1. The normalized spacial score (nSPS) is 13.6. The molecule has 3 N–H and O–H groups in total. The van der Waals surface area contributed by atoms with E-state index in [1.54, 1.807) is 35.3 Å². The third-order valence-corrected chi connectivity index (χ3v) is 4.40. The van der Waals surface area contributed by atoms with Crippen LogP contribution in [0.25, 0.3) is 5.69 Å². The van der Waals surface area contributed by atoms with Gasteiger partial charge in [0.1, 0.15) is 0 Å². The van der Waals surface area contributed by atoms with Crippen LogP contribution < -0.4 is 11.1 Å². The molecule has 2 unspecified atom stereocenters. The molecule has 1 amide bonds. The van der Waals surface area contributed by atoms with Crippen molar-refractivity contribution in [3.05, 3.63) is 42.2 Å². The van der Waals surface area contributed by atoms with Gasteiger partial charge in [0, 0.05) is 40.7 Å². The van der Waals surface area contributed by atoms with Crippen LogP contribution in [0, 0.1) is 0 Å². The lowest BCUT2D eigenvalue weighted by atomic mass is 10.3. The molecule has 6 nitrogen and oxygen atoms in total. The van der Waals surface area contributed by atoms with E-state index in [0.29, 0.717) is 17.9 Å². The fourth-order valence-corrected chi connectivity index (χ4v) is 1.98. The average molecular weight is 306 g/mol. The molecule has 0 saturated heterocycles. The quantitative estimate of drug-likeness (QED) is 0.805. The lowest BCUT2D eigenvalue weighted by Crippen LogP contribution is -2.32. The van der Waals surface area contributed by atoms with Gasteiger partial charge in [-0.2, -0.15) is 5.10 Å². The molecule has 2 rings (SSSR count). The lowest BCUT2D eigenvalue weighted by Gasteiger charge is -2.08. The van der Waals surface area contributed by atoms with E-state index < -0.39 is 10.8 Å². The van der Waals surface area contributed by atoms with E-state index in [1.165, 1.54) is 0 Å². The van der Waals surface area contributed by atoms with Gasteiger partial charge in [-0.25, -0.2) is 4.68 Å². The third kappa shape index (κ3) is 3.91. The number of rotatable bonds is 5. The molecule has 112 valence electrons. The van der Waals surface area contributed by atoms with Gasteiger partial charge < -0.3 is 11.1 Å². The van der Waals surface area contributed by atoms with Crippen molar-refractivity contribution in [1.29, 1.82) is 0 Å². The summed E-state index contributed by atoms with van der Waals surface area (Å²) in [4.78, 5) is 12.0. The summed E-state index contributed by atoms with van der Waals surface area (Å²) in [5, 5.41) is 6.86. The second-order valence-electron chi connectivity index (χ2n) is 4.76. The summed E-state index contributed by atoms with van der Waals surface area (Å²) < 4.78 is 12.8. The molecule has 2 aromatic rings. The zero-order valence-corrected chi connectivity index (χ0v) is 12.8. The van der Waals surface area contributed by atoms with Crippen LogP contribution in [-0.4, -0.2) is 37.9 Å². The van der Waals surface area contributed by atoms with E-state index in [-0.39, 0.29) is 11.2 Å². The van der Waals surface area contributed by atoms with E-state index in [0.717, 1.165) is 5.69 Å². The van der Waals surface area contributed by atoms with Crippen molar-refractivity contribution in [3.63, 3.8) is 0 Å². The highest BCUT2D eigenvalue weighted by atomic mass is 32.2. The minimum Gasteiger partial charge on any atom is -0.399 e. The van der Waals surface area contributed by atoms with Gasteiger partial charge in [0.05, 0.1) is 5.69 Å². The van der Waals surface area contributed by atoms with Crippen molar-refractivity contribution in [1.82, 2.24) is 15.1 Å². The van der Waals surface area contributed by atoms with Crippen LogP contribution in [0.5, 0.6) is 0 Å². The maximum absolute atomic E-state index is 12.0. The van der Waals surface area contributed by atoms with Gasteiger partial charge in [-0.1, -0.05) is 0 Å². The number of carbonyl (C=O) groups is 1. The zero-order valence-electron chi connectivity index (χ0n) is 11.9. The first-order valence-electron chi connectivity index (χ1n) is 6.49. The smallest absolute Gasteiger partial charge is 0.271 e. The first-order valence-corrected chi connectivity index (χ1v) is 8.11.